The number of hydrogen-bond donors (Lipinski definition) is 2. The number of amides is 2. The molecule has 0 saturated heterocycles. The van der Waals surface area contributed by atoms with Gasteiger partial charge in [-0.15, -0.1) is 10.2 Å². The molecule has 144 valence electrons. The van der Waals surface area contributed by atoms with Gasteiger partial charge in [-0.25, -0.2) is 0 Å². The Balaban J connectivity index is 1.67. The third kappa shape index (κ3) is 4.28. The standard InChI is InChI=1S/C20H19BrN4O3/c1-2-25-16-9-8-14(21)12-15(16)18(20(25)28)24-23-17(26)10-11-22-19(27)13-6-4-3-5-7-13/h3-9,12,28H,2,10-11H2,1H3,(H,22,27). The summed E-state index contributed by atoms with van der Waals surface area (Å²) in [6.45, 7) is 2.61. The molecule has 2 N–H and O–H groups in total. The fourth-order valence-corrected chi connectivity index (χ4v) is 3.21. The SMILES string of the molecule is CCn1c(O)c(N=NC(=O)CCNC(=O)c2ccccc2)c2cc(Br)ccc21. The maximum atomic E-state index is 12.0. The van der Waals surface area contributed by atoms with E-state index in [9.17, 15) is 14.7 Å². The van der Waals surface area contributed by atoms with E-state index in [0.717, 1.165) is 9.99 Å². The Labute approximate surface area is 170 Å². The quantitative estimate of drug-likeness (QED) is 0.547. The molecule has 0 bridgehead atoms. The number of nitrogens with zero attached hydrogens (tertiary/aromatic N) is 3. The molecule has 1 heterocycles. The number of hydrogen-bond acceptors (Lipinski definition) is 4. The van der Waals surface area contributed by atoms with Crippen molar-refractivity contribution in [2.45, 2.75) is 19.9 Å². The molecule has 2 amide bonds. The number of benzene rings is 2. The molecule has 2 aromatic carbocycles. The smallest absolute Gasteiger partial charge is 0.266 e. The summed E-state index contributed by atoms with van der Waals surface area (Å²) in [4.78, 5) is 24.0. The minimum atomic E-state index is -0.486. The van der Waals surface area contributed by atoms with E-state index in [0.29, 0.717) is 17.5 Å². The van der Waals surface area contributed by atoms with Crippen molar-refractivity contribution in [2.75, 3.05) is 6.54 Å². The number of fused-ring (bicyclic) bond motifs is 1. The summed E-state index contributed by atoms with van der Waals surface area (Å²) in [6, 6.07) is 14.3. The summed E-state index contributed by atoms with van der Waals surface area (Å²) in [5.41, 5.74) is 1.58. The topological polar surface area (TPSA) is 96.0 Å². The molecule has 3 aromatic rings. The van der Waals surface area contributed by atoms with Crippen LogP contribution in [0.2, 0.25) is 0 Å². The van der Waals surface area contributed by atoms with Crippen LogP contribution in [-0.2, 0) is 11.3 Å². The number of aryl methyl sites for hydroxylation is 1. The van der Waals surface area contributed by atoms with Crippen molar-refractivity contribution in [3.05, 3.63) is 58.6 Å². The van der Waals surface area contributed by atoms with E-state index in [1.165, 1.54) is 0 Å². The van der Waals surface area contributed by atoms with E-state index in [4.69, 9.17) is 0 Å². The van der Waals surface area contributed by atoms with Gasteiger partial charge in [-0.05, 0) is 37.3 Å². The van der Waals surface area contributed by atoms with Crippen LogP contribution in [0.1, 0.15) is 23.7 Å². The first-order valence-corrected chi connectivity index (χ1v) is 9.59. The van der Waals surface area contributed by atoms with Crippen molar-refractivity contribution >= 4 is 44.3 Å². The second-order valence-corrected chi connectivity index (χ2v) is 6.96. The largest absolute Gasteiger partial charge is 0.493 e. The summed E-state index contributed by atoms with van der Waals surface area (Å²) < 4.78 is 2.53. The van der Waals surface area contributed by atoms with E-state index in [1.54, 1.807) is 28.8 Å². The lowest BCUT2D eigenvalue weighted by Gasteiger charge is -2.02. The second kappa shape index (κ2) is 8.79. The second-order valence-electron chi connectivity index (χ2n) is 6.04. The van der Waals surface area contributed by atoms with Gasteiger partial charge in [-0.2, -0.15) is 0 Å². The summed E-state index contributed by atoms with van der Waals surface area (Å²) in [5.74, 6) is -0.775. The van der Waals surface area contributed by atoms with Gasteiger partial charge in [-0.3, -0.25) is 9.59 Å². The minimum Gasteiger partial charge on any atom is -0.493 e. The van der Waals surface area contributed by atoms with Gasteiger partial charge in [0.15, 0.2) is 5.69 Å². The maximum Gasteiger partial charge on any atom is 0.266 e. The third-order valence-corrected chi connectivity index (χ3v) is 4.70. The lowest BCUT2D eigenvalue weighted by atomic mass is 10.2. The van der Waals surface area contributed by atoms with Gasteiger partial charge in [-0.1, -0.05) is 34.1 Å². The van der Waals surface area contributed by atoms with Gasteiger partial charge >= 0.3 is 0 Å². The molecule has 8 heteroatoms. The Morgan fingerprint density at radius 2 is 1.93 bits per heavy atom. The van der Waals surface area contributed by atoms with E-state index >= 15 is 0 Å². The summed E-state index contributed by atoms with van der Waals surface area (Å²) in [7, 11) is 0. The van der Waals surface area contributed by atoms with Crippen LogP contribution in [-0.4, -0.2) is 28.0 Å². The van der Waals surface area contributed by atoms with Crippen LogP contribution in [0.15, 0.2) is 63.2 Å². The number of nitrogens with one attached hydrogen (secondary N) is 1. The van der Waals surface area contributed by atoms with Crippen LogP contribution in [0.5, 0.6) is 5.88 Å². The summed E-state index contributed by atoms with van der Waals surface area (Å²) in [5, 5.41) is 21.5. The van der Waals surface area contributed by atoms with Crippen molar-refractivity contribution in [2.24, 2.45) is 10.2 Å². The van der Waals surface area contributed by atoms with Crippen LogP contribution in [0.3, 0.4) is 0 Å². The van der Waals surface area contributed by atoms with Gasteiger partial charge in [0.2, 0.25) is 5.88 Å². The first kappa shape index (κ1) is 19.8. The Morgan fingerprint density at radius 3 is 2.64 bits per heavy atom. The molecule has 0 saturated carbocycles. The van der Waals surface area contributed by atoms with E-state index < -0.39 is 5.91 Å². The van der Waals surface area contributed by atoms with Gasteiger partial charge in [0.25, 0.3) is 11.8 Å². The number of carbonyl (C=O) groups excluding carboxylic acids is 2. The van der Waals surface area contributed by atoms with Crippen molar-refractivity contribution in [3.63, 3.8) is 0 Å². The van der Waals surface area contributed by atoms with E-state index in [2.05, 4.69) is 31.5 Å². The predicted molar refractivity (Wildman–Crippen MR) is 110 cm³/mol. The molecule has 0 aliphatic heterocycles. The lowest BCUT2D eigenvalue weighted by Crippen LogP contribution is -2.25. The van der Waals surface area contributed by atoms with Crippen LogP contribution in [0, 0.1) is 0 Å². The van der Waals surface area contributed by atoms with Crippen molar-refractivity contribution in [3.8, 4) is 5.88 Å². The van der Waals surface area contributed by atoms with Crippen molar-refractivity contribution < 1.29 is 14.7 Å². The molecule has 1 aromatic heterocycles. The Morgan fingerprint density at radius 1 is 1.18 bits per heavy atom. The van der Waals surface area contributed by atoms with Crippen molar-refractivity contribution in [1.82, 2.24) is 9.88 Å². The number of azo groups is 1. The Kier molecular flexibility index (Phi) is 6.20. The number of aromatic hydroxyl groups is 1. The number of rotatable bonds is 6. The molecule has 7 nitrogen and oxygen atoms in total. The van der Waals surface area contributed by atoms with E-state index in [1.807, 2.05) is 31.2 Å². The molecule has 0 aliphatic carbocycles. The van der Waals surface area contributed by atoms with Gasteiger partial charge in [0.05, 0.1) is 5.52 Å². The van der Waals surface area contributed by atoms with Gasteiger partial charge in [0, 0.05) is 34.9 Å². The summed E-state index contributed by atoms with van der Waals surface area (Å²) >= 11 is 3.40. The van der Waals surface area contributed by atoms with Gasteiger partial charge in [0.1, 0.15) is 0 Å². The minimum absolute atomic E-state index is 0.0128. The fraction of sp³-hybridized carbons (Fsp3) is 0.200. The highest BCUT2D eigenvalue weighted by Gasteiger charge is 2.16. The molecule has 0 unspecified atom stereocenters. The zero-order valence-corrected chi connectivity index (χ0v) is 16.8. The average molecular weight is 443 g/mol. The number of carbonyl (C=O) groups is 2. The molecule has 28 heavy (non-hydrogen) atoms. The third-order valence-electron chi connectivity index (χ3n) is 4.21. The predicted octanol–water partition coefficient (Wildman–Crippen LogP) is 4.56. The average Bonchev–Trinajstić information content (AvgIpc) is 2.96. The normalized spacial score (nSPS) is 11.2. The van der Waals surface area contributed by atoms with Gasteiger partial charge < -0.3 is 15.0 Å². The molecule has 0 aliphatic rings. The number of halogens is 1. The van der Waals surface area contributed by atoms with Crippen LogP contribution in [0.4, 0.5) is 5.69 Å². The zero-order chi connectivity index (χ0) is 20.1. The highest BCUT2D eigenvalue weighted by atomic mass is 79.9. The molecule has 0 radical (unpaired) electrons. The van der Waals surface area contributed by atoms with Crippen molar-refractivity contribution in [1.29, 1.82) is 0 Å². The molecule has 3 rings (SSSR count). The number of aromatic nitrogens is 1. The van der Waals surface area contributed by atoms with Crippen LogP contribution in [0.25, 0.3) is 10.9 Å². The first-order chi connectivity index (χ1) is 13.5. The Hall–Kier alpha value is -3.00. The Bertz CT molecular complexity index is 1040. The first-order valence-electron chi connectivity index (χ1n) is 8.79. The molecular weight excluding hydrogens is 424 g/mol. The molecule has 0 fully saturated rings. The van der Waals surface area contributed by atoms with Crippen LogP contribution >= 0.6 is 15.9 Å². The maximum absolute atomic E-state index is 12.0. The zero-order valence-electron chi connectivity index (χ0n) is 15.2. The molecule has 0 spiro atoms. The summed E-state index contributed by atoms with van der Waals surface area (Å²) in [6.07, 6.45) is 0.0128. The monoisotopic (exact) mass is 442 g/mol. The van der Waals surface area contributed by atoms with Crippen LogP contribution < -0.4 is 5.32 Å². The molecular formula is C20H19BrN4O3. The van der Waals surface area contributed by atoms with E-state index in [-0.39, 0.29) is 30.4 Å². The fourth-order valence-electron chi connectivity index (χ4n) is 2.84. The highest BCUT2D eigenvalue weighted by Crippen LogP contribution is 2.39. The highest BCUT2D eigenvalue weighted by molar-refractivity contribution is 9.10. The lowest BCUT2D eigenvalue weighted by molar-refractivity contribution is -0.118. The molecule has 0 atom stereocenters.